The number of likely N-dealkylation sites (tertiary alicyclic amines) is 1. The maximum absolute atomic E-state index is 13.0. The van der Waals surface area contributed by atoms with Crippen molar-refractivity contribution in [2.75, 3.05) is 13.1 Å². The van der Waals surface area contributed by atoms with Crippen LogP contribution in [0.25, 0.3) is 0 Å². The lowest BCUT2D eigenvalue weighted by Crippen LogP contribution is -2.44. The van der Waals surface area contributed by atoms with Gasteiger partial charge in [-0.2, -0.15) is 0 Å². The fourth-order valence-electron chi connectivity index (χ4n) is 4.68. The number of hydrogen-bond donors (Lipinski definition) is 1. The van der Waals surface area contributed by atoms with Crippen LogP contribution >= 0.6 is 11.6 Å². The molecule has 2 amide bonds. The largest absolute Gasteiger partial charge is 0.444 e. The molecule has 1 aromatic carbocycles. The van der Waals surface area contributed by atoms with Crippen LogP contribution in [0.15, 0.2) is 24.3 Å². The van der Waals surface area contributed by atoms with E-state index in [2.05, 4.69) is 11.4 Å². The standard InChI is InChI=1S/C24H35ClN2O3/c1-24(2,3)30-23(29)27-13-7-8-17(16-27)14-21(28)26-22(18-9-4-5-10-18)19-11-6-12-20(25)15-19/h6,11-12,15,17-18,22H,4-5,7-10,13-14,16H2,1-3H3,(H,26,28). The van der Waals surface area contributed by atoms with E-state index in [1.807, 2.05) is 39.0 Å². The fourth-order valence-corrected chi connectivity index (χ4v) is 4.88. The lowest BCUT2D eigenvalue weighted by atomic mass is 9.90. The molecule has 1 aliphatic heterocycles. The first kappa shape index (κ1) is 22.9. The second-order valence-electron chi connectivity index (χ2n) is 9.78. The zero-order valence-electron chi connectivity index (χ0n) is 18.5. The summed E-state index contributed by atoms with van der Waals surface area (Å²) in [5, 5.41) is 4.00. The summed E-state index contributed by atoms with van der Waals surface area (Å²) in [4.78, 5) is 27.1. The number of piperidine rings is 1. The van der Waals surface area contributed by atoms with E-state index in [0.717, 1.165) is 31.2 Å². The Labute approximate surface area is 185 Å². The normalized spacial score (nSPS) is 21.3. The summed E-state index contributed by atoms with van der Waals surface area (Å²) in [6.07, 6.45) is 6.70. The van der Waals surface area contributed by atoms with E-state index in [9.17, 15) is 9.59 Å². The van der Waals surface area contributed by atoms with Gasteiger partial charge in [0, 0.05) is 24.5 Å². The molecule has 0 aromatic heterocycles. The molecule has 0 spiro atoms. The highest BCUT2D eigenvalue weighted by Crippen LogP contribution is 2.36. The van der Waals surface area contributed by atoms with Crippen LogP contribution in [0.4, 0.5) is 4.79 Å². The third kappa shape index (κ3) is 6.63. The molecular weight excluding hydrogens is 400 g/mol. The molecule has 2 aliphatic rings. The van der Waals surface area contributed by atoms with E-state index in [1.165, 1.54) is 12.8 Å². The van der Waals surface area contributed by atoms with E-state index in [1.54, 1.807) is 4.90 Å². The zero-order chi connectivity index (χ0) is 21.7. The third-order valence-corrected chi connectivity index (χ3v) is 6.28. The number of nitrogens with one attached hydrogen (secondary N) is 1. The Morgan fingerprint density at radius 3 is 2.60 bits per heavy atom. The highest BCUT2D eigenvalue weighted by atomic mass is 35.5. The summed E-state index contributed by atoms with van der Waals surface area (Å²) in [6, 6.07) is 7.84. The zero-order valence-corrected chi connectivity index (χ0v) is 19.2. The lowest BCUT2D eigenvalue weighted by Gasteiger charge is -2.34. The molecule has 0 radical (unpaired) electrons. The molecule has 2 fully saturated rings. The van der Waals surface area contributed by atoms with Crippen molar-refractivity contribution >= 4 is 23.6 Å². The fraction of sp³-hybridized carbons (Fsp3) is 0.667. The Hall–Kier alpha value is -1.75. The maximum atomic E-state index is 13.0. The number of benzene rings is 1. The number of nitrogens with zero attached hydrogens (tertiary/aromatic N) is 1. The minimum atomic E-state index is -0.507. The molecule has 1 saturated heterocycles. The van der Waals surface area contributed by atoms with Crippen LogP contribution in [0.3, 0.4) is 0 Å². The number of amides is 2. The van der Waals surface area contributed by atoms with Crippen molar-refractivity contribution in [2.45, 2.75) is 77.4 Å². The number of hydrogen-bond acceptors (Lipinski definition) is 3. The Bertz CT molecular complexity index is 740. The molecule has 1 heterocycles. The minimum Gasteiger partial charge on any atom is -0.444 e. The molecule has 1 N–H and O–H groups in total. The number of rotatable bonds is 5. The number of ether oxygens (including phenoxy) is 1. The molecule has 2 unspecified atom stereocenters. The third-order valence-electron chi connectivity index (χ3n) is 6.04. The number of carbonyl (C=O) groups excluding carboxylic acids is 2. The molecule has 0 bridgehead atoms. The molecule has 1 saturated carbocycles. The van der Waals surface area contributed by atoms with E-state index in [0.29, 0.717) is 30.5 Å². The Morgan fingerprint density at radius 1 is 1.20 bits per heavy atom. The van der Waals surface area contributed by atoms with Gasteiger partial charge in [-0.3, -0.25) is 4.79 Å². The Morgan fingerprint density at radius 2 is 1.93 bits per heavy atom. The van der Waals surface area contributed by atoms with Crippen LogP contribution in [0, 0.1) is 11.8 Å². The van der Waals surface area contributed by atoms with Crippen molar-refractivity contribution in [3.8, 4) is 0 Å². The Balaban J connectivity index is 1.60. The first-order chi connectivity index (χ1) is 14.2. The van der Waals surface area contributed by atoms with Gasteiger partial charge in [-0.1, -0.05) is 36.6 Å². The highest BCUT2D eigenvalue weighted by molar-refractivity contribution is 6.30. The number of carbonyl (C=O) groups is 2. The van der Waals surface area contributed by atoms with Crippen molar-refractivity contribution in [3.63, 3.8) is 0 Å². The van der Waals surface area contributed by atoms with Gasteiger partial charge in [0.1, 0.15) is 5.60 Å². The van der Waals surface area contributed by atoms with Crippen LogP contribution < -0.4 is 5.32 Å². The second-order valence-corrected chi connectivity index (χ2v) is 10.2. The summed E-state index contributed by atoms with van der Waals surface area (Å²) < 4.78 is 5.51. The first-order valence-corrected chi connectivity index (χ1v) is 11.6. The predicted molar refractivity (Wildman–Crippen MR) is 119 cm³/mol. The van der Waals surface area contributed by atoms with Crippen molar-refractivity contribution in [1.82, 2.24) is 10.2 Å². The van der Waals surface area contributed by atoms with Gasteiger partial charge in [-0.15, -0.1) is 0 Å². The summed E-state index contributed by atoms with van der Waals surface area (Å²) >= 11 is 6.22. The van der Waals surface area contributed by atoms with E-state index in [-0.39, 0.29) is 24.0 Å². The molecule has 6 heteroatoms. The Kier molecular flexibility index (Phi) is 7.67. The van der Waals surface area contributed by atoms with Gasteiger partial charge in [-0.05, 0) is 76.0 Å². The van der Waals surface area contributed by atoms with E-state index in [4.69, 9.17) is 16.3 Å². The molecule has 30 heavy (non-hydrogen) atoms. The lowest BCUT2D eigenvalue weighted by molar-refractivity contribution is -0.123. The smallest absolute Gasteiger partial charge is 0.410 e. The predicted octanol–water partition coefficient (Wildman–Crippen LogP) is 5.72. The minimum absolute atomic E-state index is 0.00393. The van der Waals surface area contributed by atoms with Gasteiger partial charge >= 0.3 is 6.09 Å². The van der Waals surface area contributed by atoms with Gasteiger partial charge < -0.3 is 15.0 Å². The van der Waals surface area contributed by atoms with Gasteiger partial charge in [0.25, 0.3) is 0 Å². The molecular formula is C24H35ClN2O3. The summed E-state index contributed by atoms with van der Waals surface area (Å²) in [5.41, 5.74) is 0.578. The monoisotopic (exact) mass is 434 g/mol. The number of halogens is 1. The first-order valence-electron chi connectivity index (χ1n) is 11.2. The van der Waals surface area contributed by atoms with Crippen molar-refractivity contribution in [3.05, 3.63) is 34.9 Å². The SMILES string of the molecule is CC(C)(C)OC(=O)N1CCCC(CC(=O)NC(c2cccc(Cl)c2)C2CCCC2)C1. The van der Waals surface area contributed by atoms with Gasteiger partial charge in [0.05, 0.1) is 6.04 Å². The summed E-state index contributed by atoms with van der Waals surface area (Å²) in [5.74, 6) is 0.676. The average Bonchev–Trinajstić information content (AvgIpc) is 3.19. The van der Waals surface area contributed by atoms with Crippen LogP contribution in [-0.4, -0.2) is 35.6 Å². The van der Waals surface area contributed by atoms with Crippen LogP contribution in [0.1, 0.15) is 77.3 Å². The van der Waals surface area contributed by atoms with Crippen molar-refractivity contribution in [1.29, 1.82) is 0 Å². The van der Waals surface area contributed by atoms with Gasteiger partial charge in [0.2, 0.25) is 5.91 Å². The molecule has 166 valence electrons. The van der Waals surface area contributed by atoms with Gasteiger partial charge in [0.15, 0.2) is 0 Å². The molecule has 1 aromatic rings. The molecule has 1 aliphatic carbocycles. The molecule has 5 nitrogen and oxygen atoms in total. The highest BCUT2D eigenvalue weighted by Gasteiger charge is 2.31. The van der Waals surface area contributed by atoms with Crippen LogP contribution in [0.5, 0.6) is 0 Å². The van der Waals surface area contributed by atoms with Crippen molar-refractivity contribution in [2.24, 2.45) is 11.8 Å². The molecule has 2 atom stereocenters. The molecule has 3 rings (SSSR count). The topological polar surface area (TPSA) is 58.6 Å². The summed E-state index contributed by atoms with van der Waals surface area (Å²) in [7, 11) is 0. The second kappa shape index (κ2) is 10.0. The van der Waals surface area contributed by atoms with E-state index < -0.39 is 5.60 Å². The average molecular weight is 435 g/mol. The van der Waals surface area contributed by atoms with Gasteiger partial charge in [-0.25, -0.2) is 4.79 Å². The quantitative estimate of drug-likeness (QED) is 0.644. The van der Waals surface area contributed by atoms with E-state index >= 15 is 0 Å². The van der Waals surface area contributed by atoms with Crippen LogP contribution in [-0.2, 0) is 9.53 Å². The maximum Gasteiger partial charge on any atom is 0.410 e. The van der Waals surface area contributed by atoms with Crippen LogP contribution in [0.2, 0.25) is 5.02 Å². The summed E-state index contributed by atoms with van der Waals surface area (Å²) in [6.45, 7) is 6.89. The van der Waals surface area contributed by atoms with Crippen molar-refractivity contribution < 1.29 is 14.3 Å².